The van der Waals surface area contributed by atoms with E-state index in [1.807, 2.05) is 44.2 Å². The van der Waals surface area contributed by atoms with Gasteiger partial charge in [-0.25, -0.2) is 0 Å². The second-order valence-electron chi connectivity index (χ2n) is 6.17. The van der Waals surface area contributed by atoms with Crippen molar-refractivity contribution in [2.75, 3.05) is 27.5 Å². The maximum Gasteiger partial charge on any atom is 0.234 e. The van der Waals surface area contributed by atoms with Crippen molar-refractivity contribution in [1.29, 1.82) is 0 Å². The number of rotatable bonds is 7. The van der Waals surface area contributed by atoms with Crippen LogP contribution in [0.5, 0.6) is 0 Å². The lowest BCUT2D eigenvalue weighted by Gasteiger charge is -2.11. The zero-order valence-corrected chi connectivity index (χ0v) is 16.4. The minimum atomic E-state index is -0.202. The van der Waals surface area contributed by atoms with Gasteiger partial charge in [0.25, 0.3) is 0 Å². The van der Waals surface area contributed by atoms with Gasteiger partial charge in [0.05, 0.1) is 11.5 Å². The molecule has 0 spiro atoms. The van der Waals surface area contributed by atoms with Crippen LogP contribution in [-0.2, 0) is 14.4 Å². The zero-order valence-electron chi connectivity index (χ0n) is 15.6. The van der Waals surface area contributed by atoms with Crippen LogP contribution in [0.4, 0.5) is 17.1 Å². The van der Waals surface area contributed by atoms with Gasteiger partial charge < -0.3 is 16.0 Å². The number of benzene rings is 2. The first-order valence-electron chi connectivity index (χ1n) is 8.46. The van der Waals surface area contributed by atoms with Crippen LogP contribution in [0.1, 0.15) is 18.1 Å². The molecule has 0 bridgehead atoms. The second-order valence-corrected chi connectivity index (χ2v) is 7.16. The fraction of sp³-hybridized carbons (Fsp3) is 0.250. The molecule has 0 unspecified atom stereocenters. The topological polar surface area (TPSA) is 87.3 Å². The van der Waals surface area contributed by atoms with Gasteiger partial charge in [0.1, 0.15) is 0 Å². The highest BCUT2D eigenvalue weighted by Crippen LogP contribution is 2.20. The highest BCUT2D eigenvalue weighted by molar-refractivity contribution is 8.00. The summed E-state index contributed by atoms with van der Waals surface area (Å²) >= 11 is 1.24. The zero-order chi connectivity index (χ0) is 19.8. The second kappa shape index (κ2) is 9.78. The fourth-order valence-electron chi connectivity index (χ4n) is 2.38. The summed E-state index contributed by atoms with van der Waals surface area (Å²) in [7, 11) is 0. The van der Waals surface area contributed by atoms with E-state index in [4.69, 9.17) is 0 Å². The highest BCUT2D eigenvalue weighted by atomic mass is 32.2. The summed E-state index contributed by atoms with van der Waals surface area (Å²) in [4.78, 5) is 35.2. The van der Waals surface area contributed by atoms with E-state index in [1.54, 1.807) is 12.1 Å². The molecule has 0 aliphatic heterocycles. The molecule has 3 N–H and O–H groups in total. The van der Waals surface area contributed by atoms with E-state index >= 15 is 0 Å². The molecule has 3 amide bonds. The Bertz CT molecular complexity index is 852. The Kier molecular flexibility index (Phi) is 7.43. The van der Waals surface area contributed by atoms with Crippen molar-refractivity contribution >= 4 is 46.5 Å². The first-order chi connectivity index (χ1) is 12.8. The van der Waals surface area contributed by atoms with Gasteiger partial charge in [0.2, 0.25) is 17.7 Å². The van der Waals surface area contributed by atoms with Crippen LogP contribution in [0.25, 0.3) is 0 Å². The largest absolute Gasteiger partial charge is 0.326 e. The summed E-state index contributed by atoms with van der Waals surface area (Å²) in [5, 5.41) is 8.30. The number of amides is 3. The third-order valence-electron chi connectivity index (χ3n) is 3.60. The van der Waals surface area contributed by atoms with Crippen LogP contribution in [-0.4, -0.2) is 29.2 Å². The minimum absolute atomic E-state index is 0.151. The Labute approximate surface area is 163 Å². The molecule has 7 heteroatoms. The molecule has 0 saturated heterocycles. The lowest BCUT2D eigenvalue weighted by Crippen LogP contribution is -2.19. The van der Waals surface area contributed by atoms with E-state index < -0.39 is 0 Å². The molecule has 27 heavy (non-hydrogen) atoms. The van der Waals surface area contributed by atoms with E-state index in [1.165, 1.54) is 18.7 Å². The molecular weight excluding hydrogens is 362 g/mol. The monoisotopic (exact) mass is 385 g/mol. The number of thioether (sulfide) groups is 1. The van der Waals surface area contributed by atoms with E-state index in [9.17, 15) is 14.4 Å². The molecule has 0 radical (unpaired) electrons. The number of carbonyl (C=O) groups is 3. The number of anilines is 3. The van der Waals surface area contributed by atoms with Crippen molar-refractivity contribution in [3.8, 4) is 0 Å². The molecule has 0 aliphatic rings. The van der Waals surface area contributed by atoms with Crippen molar-refractivity contribution in [2.45, 2.75) is 20.8 Å². The summed E-state index contributed by atoms with van der Waals surface area (Å²) in [6, 6.07) is 12.9. The molecule has 6 nitrogen and oxygen atoms in total. The number of hydrogen-bond donors (Lipinski definition) is 3. The van der Waals surface area contributed by atoms with Gasteiger partial charge in [-0.05, 0) is 49.2 Å². The van der Waals surface area contributed by atoms with E-state index in [2.05, 4.69) is 16.0 Å². The lowest BCUT2D eigenvalue weighted by molar-refractivity contribution is -0.115. The Hall–Kier alpha value is -2.80. The molecule has 0 heterocycles. The molecule has 2 rings (SSSR count). The molecule has 0 aliphatic carbocycles. The minimum Gasteiger partial charge on any atom is -0.326 e. The predicted octanol–water partition coefficient (Wildman–Crippen LogP) is 3.57. The Balaban J connectivity index is 1.80. The van der Waals surface area contributed by atoms with Gasteiger partial charge in [0, 0.05) is 24.0 Å². The molecule has 0 atom stereocenters. The maximum absolute atomic E-state index is 12.1. The van der Waals surface area contributed by atoms with Crippen LogP contribution in [0.15, 0.2) is 42.5 Å². The number of aryl methyl sites for hydroxylation is 2. The lowest BCUT2D eigenvalue weighted by atomic mass is 10.2. The summed E-state index contributed by atoms with van der Waals surface area (Å²) in [6.07, 6.45) is 0. The highest BCUT2D eigenvalue weighted by Gasteiger charge is 2.09. The van der Waals surface area contributed by atoms with Crippen LogP contribution in [0, 0.1) is 13.8 Å². The third-order valence-corrected chi connectivity index (χ3v) is 4.53. The predicted molar refractivity (Wildman–Crippen MR) is 111 cm³/mol. The summed E-state index contributed by atoms with van der Waals surface area (Å²) in [5.74, 6) is -0.183. The number of carbonyl (C=O) groups excluding carboxylic acids is 3. The smallest absolute Gasteiger partial charge is 0.234 e. The van der Waals surface area contributed by atoms with Crippen molar-refractivity contribution in [3.63, 3.8) is 0 Å². The van der Waals surface area contributed by atoms with Crippen LogP contribution < -0.4 is 16.0 Å². The molecule has 142 valence electrons. The maximum atomic E-state index is 12.1. The summed E-state index contributed by atoms with van der Waals surface area (Å²) < 4.78 is 0. The Morgan fingerprint density at radius 3 is 2.19 bits per heavy atom. The van der Waals surface area contributed by atoms with E-state index in [-0.39, 0.29) is 29.2 Å². The first-order valence-corrected chi connectivity index (χ1v) is 9.61. The van der Waals surface area contributed by atoms with Crippen LogP contribution in [0.2, 0.25) is 0 Å². The first kappa shape index (κ1) is 20.5. The van der Waals surface area contributed by atoms with Gasteiger partial charge in [-0.3, -0.25) is 14.4 Å². The molecular formula is C20H23N3O3S. The average molecular weight is 385 g/mol. The summed E-state index contributed by atoms with van der Waals surface area (Å²) in [5.41, 5.74) is 3.96. The normalized spacial score (nSPS) is 10.2. The van der Waals surface area contributed by atoms with Gasteiger partial charge in [-0.2, -0.15) is 0 Å². The number of hydrogen-bond acceptors (Lipinski definition) is 4. The molecule has 2 aromatic rings. The average Bonchev–Trinajstić information content (AvgIpc) is 2.57. The standard InChI is InChI=1S/C20H23N3O3S/c1-13-5-4-6-16(9-13)22-19(25)11-27-12-20(26)23-18-10-17(21-15(3)24)8-7-14(18)2/h4-10H,11-12H2,1-3H3,(H,21,24)(H,22,25)(H,23,26). The van der Waals surface area contributed by atoms with E-state index in [0.717, 1.165) is 16.8 Å². The quantitative estimate of drug-likeness (QED) is 0.680. The fourth-order valence-corrected chi connectivity index (χ4v) is 3.00. The van der Waals surface area contributed by atoms with Crippen LogP contribution >= 0.6 is 11.8 Å². The van der Waals surface area contributed by atoms with Crippen molar-refractivity contribution < 1.29 is 14.4 Å². The molecule has 2 aromatic carbocycles. The molecule has 0 aromatic heterocycles. The van der Waals surface area contributed by atoms with Crippen molar-refractivity contribution in [1.82, 2.24) is 0 Å². The third kappa shape index (κ3) is 7.15. The van der Waals surface area contributed by atoms with Gasteiger partial charge in [-0.1, -0.05) is 18.2 Å². The van der Waals surface area contributed by atoms with Gasteiger partial charge >= 0.3 is 0 Å². The van der Waals surface area contributed by atoms with E-state index in [0.29, 0.717) is 11.4 Å². The van der Waals surface area contributed by atoms with Gasteiger partial charge in [-0.15, -0.1) is 11.8 Å². The SMILES string of the molecule is CC(=O)Nc1ccc(C)c(NC(=O)CSCC(=O)Nc2cccc(C)c2)c1. The summed E-state index contributed by atoms with van der Waals surface area (Å²) in [6.45, 7) is 5.25. The molecule has 0 saturated carbocycles. The van der Waals surface area contributed by atoms with Crippen LogP contribution in [0.3, 0.4) is 0 Å². The van der Waals surface area contributed by atoms with Gasteiger partial charge in [0.15, 0.2) is 0 Å². The Morgan fingerprint density at radius 1 is 0.852 bits per heavy atom. The number of nitrogens with one attached hydrogen (secondary N) is 3. The van der Waals surface area contributed by atoms with Crippen molar-refractivity contribution in [2.24, 2.45) is 0 Å². The molecule has 0 fully saturated rings. The van der Waals surface area contributed by atoms with Crippen molar-refractivity contribution in [3.05, 3.63) is 53.6 Å². The Morgan fingerprint density at radius 2 is 1.52 bits per heavy atom.